The molecule has 0 aliphatic rings. The van der Waals surface area contributed by atoms with Crippen LogP contribution < -0.4 is 10.5 Å². The number of methoxy groups -OCH3 is 1. The lowest BCUT2D eigenvalue weighted by Gasteiger charge is -2.12. The van der Waals surface area contributed by atoms with Crippen LogP contribution in [0.15, 0.2) is 36.5 Å². The Balaban J connectivity index is 2.40. The topological polar surface area (TPSA) is 71.9 Å². The van der Waals surface area contributed by atoms with Crippen LogP contribution in [-0.2, 0) is 0 Å². The number of aryl methyl sites for hydroxylation is 1. The maximum atomic E-state index is 9.37. The largest absolute Gasteiger partial charge is 0.496 e. The van der Waals surface area contributed by atoms with Crippen molar-refractivity contribution in [2.24, 2.45) is 0 Å². The van der Waals surface area contributed by atoms with Crippen LogP contribution >= 0.6 is 0 Å². The lowest BCUT2D eigenvalue weighted by molar-refractivity contribution is 0.411. The third-order valence-electron chi connectivity index (χ3n) is 2.99. The monoisotopic (exact) mass is 253 g/mol. The minimum Gasteiger partial charge on any atom is -0.496 e. The van der Waals surface area contributed by atoms with Gasteiger partial charge in [-0.2, -0.15) is 5.26 Å². The van der Waals surface area contributed by atoms with Crippen LogP contribution in [0, 0.1) is 18.3 Å². The number of anilines is 1. The van der Waals surface area contributed by atoms with Crippen molar-refractivity contribution in [3.63, 3.8) is 0 Å². The number of nitrogens with two attached hydrogens (primary N) is 1. The zero-order valence-electron chi connectivity index (χ0n) is 10.9. The highest BCUT2D eigenvalue weighted by molar-refractivity contribution is 5.44. The number of aromatic nitrogens is 1. The highest BCUT2D eigenvalue weighted by Gasteiger charge is 2.15. The van der Waals surface area contributed by atoms with E-state index in [9.17, 15) is 5.26 Å². The Hall–Kier alpha value is -2.54. The van der Waals surface area contributed by atoms with Gasteiger partial charge in [-0.15, -0.1) is 0 Å². The fraction of sp³-hybridized carbons (Fsp3) is 0.200. The Morgan fingerprint density at radius 2 is 2.11 bits per heavy atom. The lowest BCUT2D eigenvalue weighted by atomic mass is 9.95. The van der Waals surface area contributed by atoms with E-state index in [1.54, 1.807) is 25.4 Å². The smallest absolute Gasteiger partial charge is 0.121 e. The summed E-state index contributed by atoms with van der Waals surface area (Å²) in [5.41, 5.74) is 8.79. The Labute approximate surface area is 112 Å². The Morgan fingerprint density at radius 3 is 2.63 bits per heavy atom. The summed E-state index contributed by atoms with van der Waals surface area (Å²) in [6, 6.07) is 11.5. The molecule has 96 valence electrons. The molecule has 4 heteroatoms. The minimum absolute atomic E-state index is 0.398. The predicted octanol–water partition coefficient (Wildman–Crippen LogP) is 2.64. The van der Waals surface area contributed by atoms with Gasteiger partial charge in [-0.25, -0.2) is 0 Å². The zero-order chi connectivity index (χ0) is 13.8. The molecule has 1 aromatic heterocycles. The molecular formula is C15H15N3O. The number of benzene rings is 1. The number of ether oxygens (including phenoxy) is 1. The zero-order valence-corrected chi connectivity index (χ0v) is 10.9. The molecule has 19 heavy (non-hydrogen) atoms. The quantitative estimate of drug-likeness (QED) is 0.912. The summed E-state index contributed by atoms with van der Waals surface area (Å²) in [5.74, 6) is 0.413. The minimum atomic E-state index is -0.398. The maximum Gasteiger partial charge on any atom is 0.121 e. The van der Waals surface area contributed by atoms with Gasteiger partial charge >= 0.3 is 0 Å². The van der Waals surface area contributed by atoms with Crippen LogP contribution in [0.1, 0.15) is 22.7 Å². The van der Waals surface area contributed by atoms with Crippen molar-refractivity contribution in [2.45, 2.75) is 12.8 Å². The molecule has 4 nitrogen and oxygen atoms in total. The van der Waals surface area contributed by atoms with E-state index in [4.69, 9.17) is 10.5 Å². The van der Waals surface area contributed by atoms with Gasteiger partial charge in [-0.3, -0.25) is 4.98 Å². The van der Waals surface area contributed by atoms with Gasteiger partial charge in [-0.05, 0) is 36.2 Å². The van der Waals surface area contributed by atoms with Gasteiger partial charge in [0, 0.05) is 0 Å². The van der Waals surface area contributed by atoms with Gasteiger partial charge in [0.15, 0.2) is 0 Å². The maximum absolute atomic E-state index is 9.37. The van der Waals surface area contributed by atoms with Crippen LogP contribution in [0.5, 0.6) is 5.75 Å². The molecule has 0 saturated heterocycles. The van der Waals surface area contributed by atoms with Gasteiger partial charge in [-0.1, -0.05) is 12.1 Å². The molecule has 1 aromatic carbocycles. The van der Waals surface area contributed by atoms with Crippen LogP contribution in [0.3, 0.4) is 0 Å². The molecule has 0 aliphatic heterocycles. The van der Waals surface area contributed by atoms with E-state index in [2.05, 4.69) is 11.1 Å². The molecule has 2 rings (SSSR count). The van der Waals surface area contributed by atoms with E-state index in [1.807, 2.05) is 25.1 Å². The first-order valence-electron chi connectivity index (χ1n) is 5.91. The molecule has 0 amide bonds. The average Bonchev–Trinajstić information content (AvgIpc) is 2.42. The molecule has 0 spiro atoms. The van der Waals surface area contributed by atoms with Gasteiger partial charge in [0.05, 0.1) is 30.8 Å². The number of pyridine rings is 1. The second kappa shape index (κ2) is 5.40. The molecular weight excluding hydrogens is 238 g/mol. The van der Waals surface area contributed by atoms with Crippen molar-refractivity contribution in [3.05, 3.63) is 53.3 Å². The van der Waals surface area contributed by atoms with Crippen LogP contribution in [0.4, 0.5) is 5.69 Å². The van der Waals surface area contributed by atoms with Crippen molar-refractivity contribution in [1.82, 2.24) is 4.98 Å². The second-order valence-electron chi connectivity index (χ2n) is 4.31. The van der Waals surface area contributed by atoms with Crippen LogP contribution in [0.2, 0.25) is 0 Å². The molecule has 1 atom stereocenters. The molecule has 0 fully saturated rings. The summed E-state index contributed by atoms with van der Waals surface area (Å²) in [6.07, 6.45) is 1.57. The molecule has 0 aliphatic carbocycles. The standard InChI is InChI=1S/C15H15N3O/c1-10-7-11(3-6-15(10)19-2)13(8-16)14-5-4-12(17)9-18-14/h3-7,9,13H,17H2,1-2H3. The summed E-state index contributed by atoms with van der Waals surface area (Å²) < 4.78 is 5.22. The predicted molar refractivity (Wildman–Crippen MR) is 73.8 cm³/mol. The number of nitrogens with zero attached hydrogens (tertiary/aromatic N) is 2. The number of hydrogen-bond acceptors (Lipinski definition) is 4. The first-order chi connectivity index (χ1) is 9.15. The summed E-state index contributed by atoms with van der Waals surface area (Å²) >= 11 is 0. The van der Waals surface area contributed by atoms with Crippen molar-refractivity contribution in [1.29, 1.82) is 5.26 Å². The number of nitriles is 1. The molecule has 1 unspecified atom stereocenters. The fourth-order valence-electron chi connectivity index (χ4n) is 1.98. The molecule has 2 N–H and O–H groups in total. The molecule has 0 radical (unpaired) electrons. The molecule has 0 bridgehead atoms. The Bertz CT molecular complexity index is 614. The van der Waals surface area contributed by atoms with Gasteiger partial charge in [0.2, 0.25) is 0 Å². The van der Waals surface area contributed by atoms with E-state index in [0.717, 1.165) is 16.9 Å². The Morgan fingerprint density at radius 1 is 1.32 bits per heavy atom. The normalized spacial score (nSPS) is 11.6. The van der Waals surface area contributed by atoms with Crippen molar-refractivity contribution in [2.75, 3.05) is 12.8 Å². The van der Waals surface area contributed by atoms with E-state index in [1.165, 1.54) is 0 Å². The molecule has 0 saturated carbocycles. The van der Waals surface area contributed by atoms with E-state index >= 15 is 0 Å². The van der Waals surface area contributed by atoms with E-state index in [-0.39, 0.29) is 0 Å². The van der Waals surface area contributed by atoms with Crippen molar-refractivity contribution < 1.29 is 4.74 Å². The van der Waals surface area contributed by atoms with Gasteiger partial charge in [0.25, 0.3) is 0 Å². The number of rotatable bonds is 3. The van der Waals surface area contributed by atoms with Crippen molar-refractivity contribution in [3.8, 4) is 11.8 Å². The van der Waals surface area contributed by atoms with E-state index in [0.29, 0.717) is 11.4 Å². The first-order valence-corrected chi connectivity index (χ1v) is 5.91. The highest BCUT2D eigenvalue weighted by Crippen LogP contribution is 2.27. The number of hydrogen-bond donors (Lipinski definition) is 1. The highest BCUT2D eigenvalue weighted by atomic mass is 16.5. The fourth-order valence-corrected chi connectivity index (χ4v) is 1.98. The summed E-state index contributed by atoms with van der Waals surface area (Å²) in [5, 5.41) is 9.37. The third kappa shape index (κ3) is 2.66. The van der Waals surface area contributed by atoms with Crippen molar-refractivity contribution >= 4 is 5.69 Å². The molecule has 1 heterocycles. The second-order valence-corrected chi connectivity index (χ2v) is 4.31. The summed E-state index contributed by atoms with van der Waals surface area (Å²) in [6.45, 7) is 1.95. The first kappa shape index (κ1) is 12.9. The van der Waals surface area contributed by atoms with Gasteiger partial charge < -0.3 is 10.5 Å². The average molecular weight is 253 g/mol. The Kier molecular flexibility index (Phi) is 3.67. The summed E-state index contributed by atoms with van der Waals surface area (Å²) in [4.78, 5) is 4.22. The lowest BCUT2D eigenvalue weighted by Crippen LogP contribution is -2.02. The number of nitrogen functional groups attached to an aromatic ring is 1. The molecule has 2 aromatic rings. The van der Waals surface area contributed by atoms with Crippen LogP contribution in [-0.4, -0.2) is 12.1 Å². The van der Waals surface area contributed by atoms with E-state index < -0.39 is 5.92 Å². The van der Waals surface area contributed by atoms with Gasteiger partial charge in [0.1, 0.15) is 11.7 Å². The van der Waals surface area contributed by atoms with Crippen LogP contribution in [0.25, 0.3) is 0 Å². The summed E-state index contributed by atoms with van der Waals surface area (Å²) in [7, 11) is 1.63. The third-order valence-corrected chi connectivity index (χ3v) is 2.99. The SMILES string of the molecule is COc1ccc(C(C#N)c2ccc(N)cn2)cc1C.